The van der Waals surface area contributed by atoms with E-state index in [0.717, 1.165) is 22.7 Å². The highest BCUT2D eigenvalue weighted by molar-refractivity contribution is 5.96. The monoisotopic (exact) mass is 287 g/mol. The average Bonchev–Trinajstić information content (AvgIpc) is 2.72. The van der Waals surface area contributed by atoms with E-state index in [-0.39, 0.29) is 11.9 Å². The predicted octanol–water partition coefficient (Wildman–Crippen LogP) is 2.54. The molecule has 1 amide bonds. The quantitative estimate of drug-likeness (QED) is 0.940. The van der Waals surface area contributed by atoms with Gasteiger partial charge in [0.25, 0.3) is 5.91 Å². The minimum absolute atomic E-state index is 0.0811. The van der Waals surface area contributed by atoms with Crippen LogP contribution in [0.2, 0.25) is 0 Å². The van der Waals surface area contributed by atoms with Crippen molar-refractivity contribution in [2.45, 2.75) is 26.8 Å². The SMILES string of the molecule is COc1ccc([C@@H](C)NC(=O)c2c(C)nn(C)c2C)cc1. The molecular weight excluding hydrogens is 266 g/mol. The predicted molar refractivity (Wildman–Crippen MR) is 81.6 cm³/mol. The molecule has 0 radical (unpaired) electrons. The molecule has 2 aromatic rings. The summed E-state index contributed by atoms with van der Waals surface area (Å²) in [6.45, 7) is 5.70. The van der Waals surface area contributed by atoms with Crippen LogP contribution in [0.25, 0.3) is 0 Å². The molecule has 2 rings (SSSR count). The number of nitrogens with zero attached hydrogens (tertiary/aromatic N) is 2. The van der Waals surface area contributed by atoms with Gasteiger partial charge in [-0.2, -0.15) is 5.10 Å². The standard InChI is InChI=1S/C16H21N3O2/c1-10(13-6-8-14(21-5)9-7-13)17-16(20)15-11(2)18-19(4)12(15)3/h6-10H,1-5H3,(H,17,20)/t10-/m1/s1. The number of hydrogen-bond acceptors (Lipinski definition) is 3. The van der Waals surface area contributed by atoms with Crippen molar-refractivity contribution in [3.8, 4) is 5.75 Å². The lowest BCUT2D eigenvalue weighted by atomic mass is 10.1. The molecule has 1 aromatic carbocycles. The lowest BCUT2D eigenvalue weighted by molar-refractivity contribution is 0.0938. The third-order valence-corrected chi connectivity index (χ3v) is 3.70. The van der Waals surface area contributed by atoms with Gasteiger partial charge in [0, 0.05) is 12.7 Å². The summed E-state index contributed by atoms with van der Waals surface area (Å²) in [6, 6.07) is 7.60. The minimum atomic E-state index is -0.0959. The van der Waals surface area contributed by atoms with Gasteiger partial charge in [-0.25, -0.2) is 0 Å². The zero-order valence-electron chi connectivity index (χ0n) is 13.1. The smallest absolute Gasteiger partial charge is 0.255 e. The van der Waals surface area contributed by atoms with Crippen LogP contribution in [0.5, 0.6) is 5.75 Å². The van der Waals surface area contributed by atoms with Gasteiger partial charge in [-0.15, -0.1) is 0 Å². The summed E-state index contributed by atoms with van der Waals surface area (Å²) in [6.07, 6.45) is 0. The normalized spacial score (nSPS) is 12.0. The van der Waals surface area contributed by atoms with E-state index < -0.39 is 0 Å². The highest BCUT2D eigenvalue weighted by atomic mass is 16.5. The van der Waals surface area contributed by atoms with E-state index >= 15 is 0 Å². The number of ether oxygens (including phenoxy) is 1. The number of benzene rings is 1. The Morgan fingerprint density at radius 3 is 2.38 bits per heavy atom. The molecule has 0 spiro atoms. The van der Waals surface area contributed by atoms with Crippen LogP contribution >= 0.6 is 0 Å². The van der Waals surface area contributed by atoms with Gasteiger partial charge in [0.15, 0.2) is 0 Å². The summed E-state index contributed by atoms with van der Waals surface area (Å²) in [5, 5.41) is 7.29. The van der Waals surface area contributed by atoms with Gasteiger partial charge in [0.2, 0.25) is 0 Å². The number of aryl methyl sites for hydroxylation is 2. The van der Waals surface area contributed by atoms with E-state index in [9.17, 15) is 4.79 Å². The van der Waals surface area contributed by atoms with Crippen LogP contribution in [0.1, 0.15) is 40.3 Å². The summed E-state index contributed by atoms with van der Waals surface area (Å²) in [4.78, 5) is 12.4. The molecule has 5 heteroatoms. The summed E-state index contributed by atoms with van der Waals surface area (Å²) in [5.41, 5.74) is 3.29. The Hall–Kier alpha value is -2.30. The van der Waals surface area contributed by atoms with E-state index in [4.69, 9.17) is 4.74 Å². The summed E-state index contributed by atoms with van der Waals surface area (Å²) >= 11 is 0. The third-order valence-electron chi connectivity index (χ3n) is 3.70. The van der Waals surface area contributed by atoms with Crippen molar-refractivity contribution in [3.05, 3.63) is 46.8 Å². The minimum Gasteiger partial charge on any atom is -0.497 e. The Bertz CT molecular complexity index is 644. The van der Waals surface area contributed by atoms with Gasteiger partial charge in [0.05, 0.1) is 24.4 Å². The van der Waals surface area contributed by atoms with E-state index in [2.05, 4.69) is 10.4 Å². The maximum Gasteiger partial charge on any atom is 0.255 e. The van der Waals surface area contributed by atoms with Crippen molar-refractivity contribution in [2.75, 3.05) is 7.11 Å². The number of carbonyl (C=O) groups is 1. The van der Waals surface area contributed by atoms with Crippen LogP contribution < -0.4 is 10.1 Å². The molecule has 1 N–H and O–H groups in total. The summed E-state index contributed by atoms with van der Waals surface area (Å²) in [7, 11) is 3.47. The zero-order valence-corrected chi connectivity index (χ0v) is 13.1. The van der Waals surface area contributed by atoms with E-state index in [1.165, 1.54) is 0 Å². The van der Waals surface area contributed by atoms with Crippen LogP contribution in [-0.2, 0) is 7.05 Å². The Morgan fingerprint density at radius 2 is 1.90 bits per heavy atom. The molecule has 1 aromatic heterocycles. The molecule has 0 saturated carbocycles. The van der Waals surface area contributed by atoms with Gasteiger partial charge in [-0.1, -0.05) is 12.1 Å². The summed E-state index contributed by atoms with van der Waals surface area (Å²) < 4.78 is 6.86. The van der Waals surface area contributed by atoms with Crippen LogP contribution in [0.4, 0.5) is 0 Å². The Morgan fingerprint density at radius 1 is 1.29 bits per heavy atom. The molecule has 0 fully saturated rings. The maximum atomic E-state index is 12.4. The van der Waals surface area contributed by atoms with Gasteiger partial charge in [-0.05, 0) is 38.5 Å². The lowest BCUT2D eigenvalue weighted by Crippen LogP contribution is -2.27. The molecule has 1 atom stereocenters. The second-order valence-corrected chi connectivity index (χ2v) is 5.14. The molecule has 112 valence electrons. The highest BCUT2D eigenvalue weighted by Gasteiger charge is 2.19. The van der Waals surface area contributed by atoms with Crippen LogP contribution in [-0.4, -0.2) is 22.8 Å². The van der Waals surface area contributed by atoms with Crippen molar-refractivity contribution in [3.63, 3.8) is 0 Å². The lowest BCUT2D eigenvalue weighted by Gasteiger charge is -2.15. The van der Waals surface area contributed by atoms with E-state index in [1.807, 2.05) is 52.1 Å². The van der Waals surface area contributed by atoms with Gasteiger partial charge in [0.1, 0.15) is 5.75 Å². The van der Waals surface area contributed by atoms with Crippen molar-refractivity contribution in [1.29, 1.82) is 0 Å². The van der Waals surface area contributed by atoms with Gasteiger partial charge >= 0.3 is 0 Å². The first-order chi connectivity index (χ1) is 9.93. The number of rotatable bonds is 4. The molecule has 0 aliphatic carbocycles. The number of hydrogen-bond donors (Lipinski definition) is 1. The first-order valence-electron chi connectivity index (χ1n) is 6.89. The number of carbonyl (C=O) groups excluding carboxylic acids is 1. The molecule has 1 heterocycles. The second kappa shape index (κ2) is 5.99. The van der Waals surface area contributed by atoms with Crippen molar-refractivity contribution in [1.82, 2.24) is 15.1 Å². The first kappa shape index (κ1) is 15.1. The van der Waals surface area contributed by atoms with Crippen LogP contribution in [0, 0.1) is 13.8 Å². The number of amides is 1. The summed E-state index contributed by atoms with van der Waals surface area (Å²) in [5.74, 6) is 0.706. The van der Waals surface area contributed by atoms with E-state index in [1.54, 1.807) is 11.8 Å². The molecule has 0 aliphatic heterocycles. The zero-order chi connectivity index (χ0) is 15.6. The van der Waals surface area contributed by atoms with Crippen molar-refractivity contribution in [2.24, 2.45) is 7.05 Å². The Labute approximate surface area is 124 Å². The van der Waals surface area contributed by atoms with Crippen LogP contribution in [0.15, 0.2) is 24.3 Å². The number of nitrogens with one attached hydrogen (secondary N) is 1. The van der Waals surface area contributed by atoms with E-state index in [0.29, 0.717) is 5.56 Å². The molecule has 0 saturated heterocycles. The molecular formula is C16H21N3O2. The second-order valence-electron chi connectivity index (χ2n) is 5.14. The van der Waals surface area contributed by atoms with Gasteiger partial charge < -0.3 is 10.1 Å². The molecule has 5 nitrogen and oxygen atoms in total. The third kappa shape index (κ3) is 3.07. The van der Waals surface area contributed by atoms with Gasteiger partial charge in [-0.3, -0.25) is 9.48 Å². The Balaban J connectivity index is 2.14. The topological polar surface area (TPSA) is 56.1 Å². The molecule has 0 aliphatic rings. The van der Waals surface area contributed by atoms with Crippen molar-refractivity contribution < 1.29 is 9.53 Å². The molecule has 0 bridgehead atoms. The average molecular weight is 287 g/mol. The Kier molecular flexibility index (Phi) is 4.31. The molecule has 0 unspecified atom stereocenters. The number of methoxy groups -OCH3 is 1. The van der Waals surface area contributed by atoms with Crippen LogP contribution in [0.3, 0.4) is 0 Å². The number of aromatic nitrogens is 2. The highest BCUT2D eigenvalue weighted by Crippen LogP contribution is 2.19. The maximum absolute atomic E-state index is 12.4. The fourth-order valence-electron chi connectivity index (χ4n) is 2.35. The fraction of sp³-hybridized carbons (Fsp3) is 0.375. The largest absolute Gasteiger partial charge is 0.497 e. The van der Waals surface area contributed by atoms with Crippen molar-refractivity contribution >= 4 is 5.91 Å². The first-order valence-corrected chi connectivity index (χ1v) is 6.89. The fourth-order valence-corrected chi connectivity index (χ4v) is 2.35. The molecule has 21 heavy (non-hydrogen) atoms.